The molecule has 0 bridgehead atoms. The number of carbonyl (C=O) groups excluding carboxylic acids is 3. The van der Waals surface area contributed by atoms with Crippen LogP contribution in [0.25, 0.3) is 0 Å². The summed E-state index contributed by atoms with van der Waals surface area (Å²) in [5.74, 6) is -0.935. The number of allylic oxidation sites excluding steroid dienone is 20. The Bertz CT molecular complexity index is 1500. The second-order valence-corrected chi connectivity index (χ2v) is 18.8. The van der Waals surface area contributed by atoms with Crippen molar-refractivity contribution < 1.29 is 28.6 Å². The monoisotopic (exact) mass is 983 g/mol. The Labute approximate surface area is 437 Å². The lowest BCUT2D eigenvalue weighted by molar-refractivity contribution is -0.167. The molecule has 0 aliphatic rings. The average molecular weight is 984 g/mol. The fourth-order valence-corrected chi connectivity index (χ4v) is 7.60. The van der Waals surface area contributed by atoms with Crippen molar-refractivity contribution in [3.63, 3.8) is 0 Å². The highest BCUT2D eigenvalue weighted by molar-refractivity contribution is 5.71. The van der Waals surface area contributed by atoms with E-state index >= 15 is 0 Å². The van der Waals surface area contributed by atoms with E-state index in [1.165, 1.54) is 57.8 Å². The lowest BCUT2D eigenvalue weighted by Gasteiger charge is -2.18. The summed E-state index contributed by atoms with van der Waals surface area (Å²) in [7, 11) is 0. The molecular formula is C65H106O6. The molecule has 0 aliphatic heterocycles. The fourth-order valence-electron chi connectivity index (χ4n) is 7.60. The van der Waals surface area contributed by atoms with Crippen molar-refractivity contribution in [3.05, 3.63) is 122 Å². The van der Waals surface area contributed by atoms with Crippen LogP contribution in [-0.4, -0.2) is 37.2 Å². The van der Waals surface area contributed by atoms with Crippen LogP contribution in [0.5, 0.6) is 0 Å². The molecule has 71 heavy (non-hydrogen) atoms. The molecule has 0 N–H and O–H groups in total. The highest BCUT2D eigenvalue weighted by Crippen LogP contribution is 2.13. The van der Waals surface area contributed by atoms with Crippen molar-refractivity contribution in [1.82, 2.24) is 0 Å². The Hall–Kier alpha value is -4.19. The van der Waals surface area contributed by atoms with Crippen molar-refractivity contribution in [2.75, 3.05) is 13.2 Å². The maximum absolute atomic E-state index is 12.7. The summed E-state index contributed by atoms with van der Waals surface area (Å²) in [5.41, 5.74) is 0. The number of ether oxygens (including phenoxy) is 3. The highest BCUT2D eigenvalue weighted by atomic mass is 16.6. The van der Waals surface area contributed by atoms with Gasteiger partial charge < -0.3 is 14.2 Å². The average Bonchev–Trinajstić information content (AvgIpc) is 3.37. The van der Waals surface area contributed by atoms with Crippen LogP contribution in [-0.2, 0) is 28.6 Å². The van der Waals surface area contributed by atoms with Gasteiger partial charge in [0.15, 0.2) is 6.10 Å². The van der Waals surface area contributed by atoms with Crippen LogP contribution in [0.2, 0.25) is 0 Å². The normalized spacial score (nSPS) is 13.0. The molecule has 0 radical (unpaired) electrons. The standard InChI is InChI=1S/C65H106O6/c1-4-7-10-13-15-17-19-21-23-24-25-26-27-28-29-30-31-32-33-34-35-36-37-38-39-40-42-43-45-47-49-52-55-58-64(67)70-61-62(60-69-63(66)57-54-51-12-9-6-3)71-65(68)59-56-53-50-48-46-44-41-22-20-18-16-14-11-8-5-2/h7,10,15,17,21-23,25-26,28-29,31-32,34-35,37-38,40-42,62H,4-6,8-9,11-14,16,18-20,24,27,30,33,36,39,43-61H2,1-3H3/b10-7-,17-15-,23-21-,26-25-,29-28-,32-31-,35-34-,38-37-,41-22-,42-40-. The molecule has 0 amide bonds. The molecule has 0 aliphatic carbocycles. The minimum atomic E-state index is -0.788. The van der Waals surface area contributed by atoms with Crippen LogP contribution in [0, 0.1) is 0 Å². The van der Waals surface area contributed by atoms with Gasteiger partial charge in [-0.15, -0.1) is 0 Å². The largest absolute Gasteiger partial charge is 0.462 e. The molecule has 6 heteroatoms. The summed E-state index contributed by atoms with van der Waals surface area (Å²) < 4.78 is 16.7. The van der Waals surface area contributed by atoms with Gasteiger partial charge in [0.25, 0.3) is 0 Å². The van der Waals surface area contributed by atoms with Gasteiger partial charge in [-0.1, -0.05) is 239 Å². The van der Waals surface area contributed by atoms with Crippen molar-refractivity contribution >= 4 is 17.9 Å². The number of carbonyl (C=O) groups is 3. The molecule has 1 atom stereocenters. The van der Waals surface area contributed by atoms with Crippen molar-refractivity contribution in [2.45, 2.75) is 258 Å². The smallest absolute Gasteiger partial charge is 0.306 e. The molecule has 0 fully saturated rings. The molecule has 0 aromatic heterocycles. The van der Waals surface area contributed by atoms with Crippen molar-refractivity contribution in [2.24, 2.45) is 0 Å². The minimum Gasteiger partial charge on any atom is -0.462 e. The van der Waals surface area contributed by atoms with Gasteiger partial charge in [0.05, 0.1) is 0 Å². The summed E-state index contributed by atoms with van der Waals surface area (Å²) in [4.78, 5) is 37.7. The maximum atomic E-state index is 12.7. The van der Waals surface area contributed by atoms with E-state index in [0.717, 1.165) is 154 Å². The third kappa shape index (κ3) is 56.6. The first kappa shape index (κ1) is 66.8. The second-order valence-electron chi connectivity index (χ2n) is 18.8. The quantitative estimate of drug-likeness (QED) is 0.0261. The van der Waals surface area contributed by atoms with Crippen LogP contribution in [0.15, 0.2) is 122 Å². The molecule has 1 unspecified atom stereocenters. The number of rotatable bonds is 51. The summed E-state index contributed by atoms with van der Waals surface area (Å²) >= 11 is 0. The van der Waals surface area contributed by atoms with E-state index in [4.69, 9.17) is 14.2 Å². The van der Waals surface area contributed by atoms with Gasteiger partial charge in [-0.2, -0.15) is 0 Å². The van der Waals surface area contributed by atoms with E-state index < -0.39 is 6.10 Å². The van der Waals surface area contributed by atoms with Gasteiger partial charge in [-0.25, -0.2) is 0 Å². The van der Waals surface area contributed by atoms with Crippen molar-refractivity contribution in [3.8, 4) is 0 Å². The first-order chi connectivity index (χ1) is 35.0. The Morgan fingerprint density at radius 2 is 0.549 bits per heavy atom. The molecule has 0 saturated carbocycles. The van der Waals surface area contributed by atoms with Gasteiger partial charge >= 0.3 is 17.9 Å². The van der Waals surface area contributed by atoms with E-state index in [0.29, 0.717) is 19.3 Å². The van der Waals surface area contributed by atoms with E-state index in [2.05, 4.69) is 142 Å². The van der Waals surface area contributed by atoms with Crippen LogP contribution < -0.4 is 0 Å². The number of esters is 3. The molecule has 0 spiro atoms. The molecule has 0 aromatic rings. The second kappa shape index (κ2) is 58.4. The maximum Gasteiger partial charge on any atom is 0.306 e. The Morgan fingerprint density at radius 3 is 0.873 bits per heavy atom. The zero-order chi connectivity index (χ0) is 51.4. The van der Waals surface area contributed by atoms with Gasteiger partial charge in [0, 0.05) is 19.3 Å². The zero-order valence-corrected chi connectivity index (χ0v) is 45.9. The summed E-state index contributed by atoms with van der Waals surface area (Å²) in [5, 5.41) is 0. The van der Waals surface area contributed by atoms with Crippen molar-refractivity contribution in [1.29, 1.82) is 0 Å². The summed E-state index contributed by atoms with van der Waals surface area (Å²) in [6.45, 7) is 6.40. The van der Waals surface area contributed by atoms with Gasteiger partial charge in [0.2, 0.25) is 0 Å². The third-order valence-corrected chi connectivity index (χ3v) is 12.0. The third-order valence-electron chi connectivity index (χ3n) is 12.0. The predicted molar refractivity (Wildman–Crippen MR) is 306 cm³/mol. The minimum absolute atomic E-state index is 0.0897. The fraction of sp³-hybridized carbons (Fsp3) is 0.646. The summed E-state index contributed by atoms with van der Waals surface area (Å²) in [6.07, 6.45) is 80.9. The van der Waals surface area contributed by atoms with Gasteiger partial charge in [-0.3, -0.25) is 14.4 Å². The predicted octanol–water partition coefficient (Wildman–Crippen LogP) is 19.6. The Balaban J connectivity index is 4.13. The summed E-state index contributed by atoms with van der Waals surface area (Å²) in [6, 6.07) is 0. The lowest BCUT2D eigenvalue weighted by Crippen LogP contribution is -2.30. The highest BCUT2D eigenvalue weighted by Gasteiger charge is 2.19. The lowest BCUT2D eigenvalue weighted by atomic mass is 10.1. The number of hydrogen-bond donors (Lipinski definition) is 0. The molecule has 0 aromatic carbocycles. The Kier molecular flexibility index (Phi) is 54.9. The van der Waals surface area contributed by atoms with E-state index in [1.807, 2.05) is 0 Å². The number of hydrogen-bond acceptors (Lipinski definition) is 6. The zero-order valence-electron chi connectivity index (χ0n) is 45.9. The topological polar surface area (TPSA) is 78.9 Å². The van der Waals surface area contributed by atoms with E-state index in [1.54, 1.807) is 0 Å². The first-order valence-corrected chi connectivity index (χ1v) is 29.0. The molecule has 0 saturated heterocycles. The first-order valence-electron chi connectivity index (χ1n) is 29.0. The van der Waals surface area contributed by atoms with Crippen LogP contribution in [0.4, 0.5) is 0 Å². The van der Waals surface area contributed by atoms with Gasteiger partial charge in [-0.05, 0) is 116 Å². The SMILES string of the molecule is CC/C=C\C/C=C\C/C=C\C/C=C\C/C=C\C/C=C\C/C=C\C/C=C\C/C=C\CCCCCCCC(=O)OCC(COC(=O)CCCCCCC)OC(=O)CCCCCCC/C=C\CCCCCCCC. The van der Waals surface area contributed by atoms with E-state index in [9.17, 15) is 14.4 Å². The number of unbranched alkanes of at least 4 members (excludes halogenated alkanes) is 20. The molecule has 402 valence electrons. The van der Waals surface area contributed by atoms with E-state index in [-0.39, 0.29) is 31.1 Å². The molecule has 0 rings (SSSR count). The molecular weight excluding hydrogens is 877 g/mol. The van der Waals surface area contributed by atoms with Crippen LogP contribution in [0.1, 0.15) is 252 Å². The molecule has 0 heterocycles. The van der Waals surface area contributed by atoms with Crippen LogP contribution in [0.3, 0.4) is 0 Å². The Morgan fingerprint density at radius 1 is 0.296 bits per heavy atom. The van der Waals surface area contributed by atoms with Gasteiger partial charge in [0.1, 0.15) is 13.2 Å². The van der Waals surface area contributed by atoms with Crippen LogP contribution >= 0.6 is 0 Å². The molecule has 6 nitrogen and oxygen atoms in total.